The molecule has 5 heteroatoms. The van der Waals surface area contributed by atoms with Gasteiger partial charge in [0.15, 0.2) is 0 Å². The minimum atomic E-state index is -0.463. The number of nitrogens with zero attached hydrogens (tertiary/aromatic N) is 2. The quantitative estimate of drug-likeness (QED) is 0.637. The maximum atomic E-state index is 12.2. The van der Waals surface area contributed by atoms with Crippen molar-refractivity contribution in [2.45, 2.75) is 26.9 Å². The van der Waals surface area contributed by atoms with Gasteiger partial charge in [-0.2, -0.15) is 0 Å². The Balaban J connectivity index is 1.64. The lowest BCUT2D eigenvalue weighted by Gasteiger charge is -2.30. The number of rotatable bonds is 5. The first-order valence-electron chi connectivity index (χ1n) is 8.91. The lowest BCUT2D eigenvalue weighted by molar-refractivity contribution is 0.00210. The molecule has 3 rings (SSSR count). The zero-order valence-corrected chi connectivity index (χ0v) is 15.8. The van der Waals surface area contributed by atoms with Crippen molar-refractivity contribution in [3.8, 4) is 16.9 Å². The molecule has 0 saturated heterocycles. The van der Waals surface area contributed by atoms with Crippen LogP contribution in [0.3, 0.4) is 0 Å². The maximum Gasteiger partial charge on any atom is 0.419 e. The molecule has 140 valence electrons. The minimum Gasteiger partial charge on any atom is -0.490 e. The van der Waals surface area contributed by atoms with E-state index < -0.39 is 12.2 Å². The second kappa shape index (κ2) is 8.08. The Morgan fingerprint density at radius 2 is 1.70 bits per heavy atom. The van der Waals surface area contributed by atoms with E-state index in [9.17, 15) is 4.79 Å². The third-order valence-electron chi connectivity index (χ3n) is 4.29. The number of carbonyl (C=O) groups is 1. The lowest BCUT2D eigenvalue weighted by atomic mass is 9.89. The molecule has 0 saturated carbocycles. The smallest absolute Gasteiger partial charge is 0.419 e. The molecule has 0 fully saturated rings. The van der Waals surface area contributed by atoms with Crippen LogP contribution in [0.5, 0.6) is 5.75 Å². The van der Waals surface area contributed by atoms with Crippen LogP contribution < -0.4 is 4.74 Å². The Bertz CT molecular complexity index is 851. The molecule has 1 aromatic heterocycles. The van der Waals surface area contributed by atoms with Crippen LogP contribution in [0.25, 0.3) is 11.1 Å². The summed E-state index contributed by atoms with van der Waals surface area (Å²) in [6.45, 7) is 6.32. The molecule has 1 heterocycles. The highest BCUT2D eigenvalue weighted by Gasteiger charge is 2.29. The molecule has 0 aliphatic rings. The molecular weight excluding hydrogens is 340 g/mol. The number of aromatic nitrogens is 2. The summed E-state index contributed by atoms with van der Waals surface area (Å²) in [5, 5.41) is 0. The molecule has 2 aromatic carbocycles. The fraction of sp³-hybridized carbons (Fsp3) is 0.273. The Labute approximate surface area is 159 Å². The molecule has 5 nitrogen and oxygen atoms in total. The van der Waals surface area contributed by atoms with Gasteiger partial charge in [-0.05, 0) is 23.3 Å². The summed E-state index contributed by atoms with van der Waals surface area (Å²) in [5.74, 6) is 0.739. The van der Waals surface area contributed by atoms with E-state index in [1.54, 1.807) is 6.20 Å². The highest BCUT2D eigenvalue weighted by molar-refractivity contribution is 5.70. The largest absolute Gasteiger partial charge is 0.490 e. The zero-order chi connectivity index (χ0) is 19.3. The Morgan fingerprint density at radius 3 is 2.30 bits per heavy atom. The fourth-order valence-electron chi connectivity index (χ4n) is 2.56. The van der Waals surface area contributed by atoms with Crippen LogP contribution in [0.2, 0.25) is 0 Å². The Kier molecular flexibility index (Phi) is 5.60. The summed E-state index contributed by atoms with van der Waals surface area (Å²) in [5.41, 5.74) is 2.02. The van der Waals surface area contributed by atoms with Crippen molar-refractivity contribution in [2.24, 2.45) is 5.41 Å². The monoisotopic (exact) mass is 364 g/mol. The van der Waals surface area contributed by atoms with Crippen molar-refractivity contribution in [1.29, 1.82) is 0 Å². The van der Waals surface area contributed by atoms with Crippen molar-refractivity contribution in [2.75, 3.05) is 6.61 Å². The Morgan fingerprint density at radius 1 is 1.04 bits per heavy atom. The van der Waals surface area contributed by atoms with Gasteiger partial charge < -0.3 is 9.47 Å². The molecule has 0 spiro atoms. The number of benzene rings is 2. The van der Waals surface area contributed by atoms with Gasteiger partial charge in [0.1, 0.15) is 24.8 Å². The van der Waals surface area contributed by atoms with Crippen molar-refractivity contribution < 1.29 is 14.3 Å². The lowest BCUT2D eigenvalue weighted by Crippen LogP contribution is -2.37. The van der Waals surface area contributed by atoms with Crippen LogP contribution in [0, 0.1) is 5.41 Å². The molecule has 3 aromatic rings. The average Bonchev–Trinajstić information content (AvgIpc) is 3.20. The summed E-state index contributed by atoms with van der Waals surface area (Å²) in [4.78, 5) is 16.1. The second-order valence-corrected chi connectivity index (χ2v) is 7.41. The van der Waals surface area contributed by atoms with Crippen LogP contribution in [-0.4, -0.2) is 28.4 Å². The molecule has 0 bridgehead atoms. The summed E-state index contributed by atoms with van der Waals surface area (Å²) in [6.07, 6.45) is 3.66. The molecule has 1 atom stereocenters. The fourth-order valence-corrected chi connectivity index (χ4v) is 2.56. The molecule has 0 aliphatic carbocycles. The summed E-state index contributed by atoms with van der Waals surface area (Å²) < 4.78 is 12.8. The van der Waals surface area contributed by atoms with Crippen LogP contribution in [0.15, 0.2) is 73.3 Å². The highest BCUT2D eigenvalue weighted by Crippen LogP contribution is 2.26. The number of hydrogen-bond donors (Lipinski definition) is 0. The molecule has 1 unspecified atom stereocenters. The third-order valence-corrected chi connectivity index (χ3v) is 4.29. The highest BCUT2D eigenvalue weighted by atomic mass is 16.6. The summed E-state index contributed by atoms with van der Waals surface area (Å²) >= 11 is 0. The molecule has 0 amide bonds. The first-order chi connectivity index (χ1) is 12.9. The topological polar surface area (TPSA) is 53.4 Å². The Hall–Kier alpha value is -3.08. The molecule has 0 N–H and O–H groups in total. The van der Waals surface area contributed by atoms with Crippen LogP contribution in [0.4, 0.5) is 4.79 Å². The van der Waals surface area contributed by atoms with E-state index in [-0.39, 0.29) is 12.0 Å². The second-order valence-electron chi connectivity index (χ2n) is 7.41. The van der Waals surface area contributed by atoms with E-state index in [0.717, 1.165) is 16.9 Å². The van der Waals surface area contributed by atoms with E-state index in [2.05, 4.69) is 17.1 Å². The summed E-state index contributed by atoms with van der Waals surface area (Å²) in [6, 6.07) is 18.1. The first kappa shape index (κ1) is 18.7. The van der Waals surface area contributed by atoms with Crippen LogP contribution in [-0.2, 0) is 4.74 Å². The standard InChI is InChI=1S/C22H24N2O3/c1-22(2,3)20(27-21(25)24-14-13-23-16-24)15-26-19-11-9-18(10-12-19)17-7-5-4-6-8-17/h4-14,16,20H,15H2,1-3H3. The zero-order valence-electron chi connectivity index (χ0n) is 15.8. The molecule has 0 radical (unpaired) electrons. The van der Waals surface area contributed by atoms with E-state index >= 15 is 0 Å². The van der Waals surface area contributed by atoms with Gasteiger partial charge in [-0.15, -0.1) is 0 Å². The van der Waals surface area contributed by atoms with Gasteiger partial charge in [0.2, 0.25) is 0 Å². The van der Waals surface area contributed by atoms with E-state index in [0.29, 0.717) is 0 Å². The van der Waals surface area contributed by atoms with Gasteiger partial charge in [-0.1, -0.05) is 63.2 Å². The van der Waals surface area contributed by atoms with Gasteiger partial charge in [0, 0.05) is 17.8 Å². The van der Waals surface area contributed by atoms with Crippen LogP contribution >= 0.6 is 0 Å². The van der Waals surface area contributed by atoms with Gasteiger partial charge >= 0.3 is 6.09 Å². The van der Waals surface area contributed by atoms with E-state index in [1.165, 1.54) is 17.1 Å². The normalized spacial score (nSPS) is 12.4. The third kappa shape index (κ3) is 4.97. The predicted molar refractivity (Wildman–Crippen MR) is 105 cm³/mol. The van der Waals surface area contributed by atoms with Crippen molar-refractivity contribution in [3.63, 3.8) is 0 Å². The predicted octanol–water partition coefficient (Wildman–Crippen LogP) is 5.03. The number of hydrogen-bond acceptors (Lipinski definition) is 4. The van der Waals surface area contributed by atoms with Gasteiger partial charge in [0.05, 0.1) is 0 Å². The number of ether oxygens (including phenoxy) is 2. The van der Waals surface area contributed by atoms with Crippen LogP contribution in [0.1, 0.15) is 20.8 Å². The molecule has 0 aliphatic heterocycles. The van der Waals surface area contributed by atoms with E-state index in [1.807, 2.05) is 63.2 Å². The molecule has 27 heavy (non-hydrogen) atoms. The van der Waals surface area contributed by atoms with Crippen molar-refractivity contribution in [1.82, 2.24) is 9.55 Å². The van der Waals surface area contributed by atoms with Crippen molar-refractivity contribution >= 4 is 6.09 Å². The van der Waals surface area contributed by atoms with Crippen molar-refractivity contribution in [3.05, 3.63) is 73.3 Å². The van der Waals surface area contributed by atoms with Gasteiger partial charge in [0.25, 0.3) is 0 Å². The minimum absolute atomic E-state index is 0.264. The maximum absolute atomic E-state index is 12.2. The summed E-state index contributed by atoms with van der Waals surface area (Å²) in [7, 11) is 0. The van der Waals surface area contributed by atoms with Gasteiger partial charge in [-0.25, -0.2) is 14.3 Å². The SMILES string of the molecule is CC(C)(C)C(COc1ccc(-c2ccccc2)cc1)OC(=O)n1ccnc1. The molecular formula is C22H24N2O3. The number of carbonyl (C=O) groups excluding carboxylic acids is 1. The van der Waals surface area contributed by atoms with Gasteiger partial charge in [-0.3, -0.25) is 0 Å². The average molecular weight is 364 g/mol. The van der Waals surface area contributed by atoms with E-state index in [4.69, 9.17) is 9.47 Å². The first-order valence-corrected chi connectivity index (χ1v) is 8.91. The number of imidazole rings is 1.